The van der Waals surface area contributed by atoms with E-state index in [1.807, 2.05) is 0 Å². The molecular weight excluding hydrogens is 234 g/mol. The normalized spacial score (nSPS) is 23.2. The number of ether oxygens (including phenoxy) is 1. The Kier molecular flexibility index (Phi) is 4.38. The minimum Gasteiger partial charge on any atom is -0.463 e. The van der Waals surface area contributed by atoms with Crippen LogP contribution in [-0.2, 0) is 11.3 Å². The van der Waals surface area contributed by atoms with E-state index in [1.165, 1.54) is 13.4 Å². The van der Waals surface area contributed by atoms with E-state index < -0.39 is 5.97 Å². The van der Waals surface area contributed by atoms with Crippen molar-refractivity contribution in [3.8, 4) is 0 Å². The van der Waals surface area contributed by atoms with Gasteiger partial charge in [-0.1, -0.05) is 6.42 Å². The highest BCUT2D eigenvalue weighted by Gasteiger charge is 2.24. The lowest BCUT2D eigenvalue weighted by Gasteiger charge is -2.14. The third kappa shape index (κ3) is 2.91. The molecule has 1 aliphatic rings. The molecule has 0 bridgehead atoms. The van der Waals surface area contributed by atoms with Crippen molar-refractivity contribution in [1.82, 2.24) is 5.32 Å². The fourth-order valence-electron chi connectivity index (χ4n) is 2.39. The van der Waals surface area contributed by atoms with Crippen LogP contribution in [0, 0.1) is 5.92 Å². The largest absolute Gasteiger partial charge is 0.463 e. The van der Waals surface area contributed by atoms with Gasteiger partial charge in [-0.15, -0.1) is 0 Å². The lowest BCUT2D eigenvalue weighted by molar-refractivity contribution is 0.0563. The molecule has 0 spiro atoms. The number of furan rings is 1. The number of carbonyl (C=O) groups excluding carboxylic acids is 1. The topological polar surface area (TPSA) is 71.7 Å². The number of hydrogen-bond acceptors (Lipinski definition) is 5. The quantitative estimate of drug-likeness (QED) is 0.774. The molecule has 5 heteroatoms. The van der Waals surface area contributed by atoms with E-state index in [1.54, 1.807) is 6.07 Å². The molecule has 0 aliphatic heterocycles. The van der Waals surface area contributed by atoms with Gasteiger partial charge in [0.05, 0.1) is 19.5 Å². The molecule has 1 aromatic rings. The number of carbonyl (C=O) groups is 1. The molecular formula is C13H19NO4. The number of methoxy groups -OCH3 is 1. The molecule has 1 aromatic heterocycles. The van der Waals surface area contributed by atoms with Gasteiger partial charge in [-0.2, -0.15) is 0 Å². The van der Waals surface area contributed by atoms with E-state index in [9.17, 15) is 9.90 Å². The predicted molar refractivity (Wildman–Crippen MR) is 65.1 cm³/mol. The first kappa shape index (κ1) is 13.1. The van der Waals surface area contributed by atoms with Crippen molar-refractivity contribution in [2.75, 3.05) is 13.7 Å². The SMILES string of the molecule is COC(=O)c1occc1CNCC1CCCC1O. The summed E-state index contributed by atoms with van der Waals surface area (Å²) in [5, 5.41) is 12.9. The molecule has 1 fully saturated rings. The maximum absolute atomic E-state index is 11.4. The van der Waals surface area contributed by atoms with E-state index >= 15 is 0 Å². The Morgan fingerprint density at radius 1 is 1.61 bits per heavy atom. The third-order valence-electron chi connectivity index (χ3n) is 3.46. The zero-order valence-corrected chi connectivity index (χ0v) is 10.5. The second-order valence-corrected chi connectivity index (χ2v) is 4.66. The first-order valence-electron chi connectivity index (χ1n) is 6.26. The van der Waals surface area contributed by atoms with Crippen molar-refractivity contribution >= 4 is 5.97 Å². The van der Waals surface area contributed by atoms with Gasteiger partial charge in [0.25, 0.3) is 0 Å². The first-order chi connectivity index (χ1) is 8.72. The summed E-state index contributed by atoms with van der Waals surface area (Å²) in [4.78, 5) is 11.4. The molecule has 0 saturated heterocycles. The van der Waals surface area contributed by atoms with Crippen molar-refractivity contribution in [3.63, 3.8) is 0 Å². The fraction of sp³-hybridized carbons (Fsp3) is 0.615. The smallest absolute Gasteiger partial charge is 0.374 e. The molecule has 0 aromatic carbocycles. The molecule has 0 amide bonds. The Morgan fingerprint density at radius 3 is 3.11 bits per heavy atom. The van der Waals surface area contributed by atoms with Gasteiger partial charge in [-0.25, -0.2) is 4.79 Å². The first-order valence-corrected chi connectivity index (χ1v) is 6.26. The van der Waals surface area contributed by atoms with E-state index in [2.05, 4.69) is 10.1 Å². The highest BCUT2D eigenvalue weighted by molar-refractivity contribution is 5.87. The van der Waals surface area contributed by atoms with E-state index in [4.69, 9.17) is 4.42 Å². The van der Waals surface area contributed by atoms with Gasteiger partial charge in [0.2, 0.25) is 5.76 Å². The van der Waals surface area contributed by atoms with E-state index in [0.29, 0.717) is 12.5 Å². The Balaban J connectivity index is 1.83. The lowest BCUT2D eigenvalue weighted by Crippen LogP contribution is -2.27. The standard InChI is InChI=1S/C13H19NO4/c1-17-13(16)12-10(5-6-18-12)8-14-7-9-3-2-4-11(9)15/h5-6,9,11,14-15H,2-4,7-8H2,1H3. The van der Waals surface area contributed by atoms with Crippen molar-refractivity contribution in [2.24, 2.45) is 5.92 Å². The summed E-state index contributed by atoms with van der Waals surface area (Å²) in [6.07, 6.45) is 4.33. The molecule has 2 unspecified atom stereocenters. The van der Waals surface area contributed by atoms with E-state index in [-0.39, 0.29) is 11.9 Å². The second kappa shape index (κ2) is 6.02. The van der Waals surface area contributed by atoms with Gasteiger partial charge in [0, 0.05) is 18.7 Å². The molecule has 2 atom stereocenters. The van der Waals surface area contributed by atoms with Gasteiger partial charge in [0.1, 0.15) is 0 Å². The monoisotopic (exact) mass is 253 g/mol. The van der Waals surface area contributed by atoms with Crippen molar-refractivity contribution < 1.29 is 19.1 Å². The maximum atomic E-state index is 11.4. The molecule has 0 radical (unpaired) electrons. The average Bonchev–Trinajstić information content (AvgIpc) is 2.98. The third-order valence-corrected chi connectivity index (χ3v) is 3.46. The van der Waals surface area contributed by atoms with Gasteiger partial charge >= 0.3 is 5.97 Å². The Labute approximate surface area is 106 Å². The van der Waals surface area contributed by atoms with Crippen LogP contribution in [0.5, 0.6) is 0 Å². The van der Waals surface area contributed by atoms with Crippen LogP contribution in [0.4, 0.5) is 0 Å². The number of aliphatic hydroxyl groups is 1. The number of nitrogens with one attached hydrogen (secondary N) is 1. The number of rotatable bonds is 5. The Morgan fingerprint density at radius 2 is 2.44 bits per heavy atom. The molecule has 2 rings (SSSR count). The molecule has 1 aliphatic carbocycles. The minimum atomic E-state index is -0.460. The van der Waals surface area contributed by atoms with Gasteiger partial charge in [-0.05, 0) is 24.8 Å². The van der Waals surface area contributed by atoms with Gasteiger partial charge in [-0.3, -0.25) is 0 Å². The second-order valence-electron chi connectivity index (χ2n) is 4.66. The fourth-order valence-corrected chi connectivity index (χ4v) is 2.39. The highest BCUT2D eigenvalue weighted by Crippen LogP contribution is 2.24. The lowest BCUT2D eigenvalue weighted by atomic mass is 10.1. The summed E-state index contributed by atoms with van der Waals surface area (Å²) < 4.78 is 9.73. The van der Waals surface area contributed by atoms with Crippen LogP contribution < -0.4 is 5.32 Å². The Bertz CT molecular complexity index is 401. The van der Waals surface area contributed by atoms with Gasteiger partial charge < -0.3 is 19.6 Å². The van der Waals surface area contributed by atoms with Crippen molar-refractivity contribution in [3.05, 3.63) is 23.7 Å². The molecule has 1 heterocycles. The molecule has 1 saturated carbocycles. The number of hydrogen-bond donors (Lipinski definition) is 2. The van der Waals surface area contributed by atoms with Crippen molar-refractivity contribution in [1.29, 1.82) is 0 Å². The number of aliphatic hydroxyl groups excluding tert-OH is 1. The maximum Gasteiger partial charge on any atom is 0.374 e. The van der Waals surface area contributed by atoms with Crippen LogP contribution in [-0.4, -0.2) is 30.8 Å². The predicted octanol–water partition coefficient (Wildman–Crippen LogP) is 1.32. The van der Waals surface area contributed by atoms with Crippen LogP contribution in [0.1, 0.15) is 35.4 Å². The van der Waals surface area contributed by atoms with Gasteiger partial charge in [0.15, 0.2) is 0 Å². The summed E-state index contributed by atoms with van der Waals surface area (Å²) in [7, 11) is 1.33. The van der Waals surface area contributed by atoms with E-state index in [0.717, 1.165) is 31.4 Å². The van der Waals surface area contributed by atoms with Crippen LogP contribution in [0.15, 0.2) is 16.7 Å². The van der Waals surface area contributed by atoms with Crippen LogP contribution >= 0.6 is 0 Å². The summed E-state index contributed by atoms with van der Waals surface area (Å²) in [6.45, 7) is 1.30. The number of esters is 1. The zero-order valence-electron chi connectivity index (χ0n) is 10.5. The van der Waals surface area contributed by atoms with Crippen molar-refractivity contribution in [2.45, 2.75) is 31.9 Å². The van der Waals surface area contributed by atoms with Crippen LogP contribution in [0.25, 0.3) is 0 Å². The highest BCUT2D eigenvalue weighted by atomic mass is 16.5. The summed E-state index contributed by atoms with van der Waals surface area (Å²) >= 11 is 0. The molecule has 18 heavy (non-hydrogen) atoms. The molecule has 2 N–H and O–H groups in total. The zero-order chi connectivity index (χ0) is 13.0. The summed E-state index contributed by atoms with van der Waals surface area (Å²) in [6, 6.07) is 1.75. The molecule has 100 valence electrons. The Hall–Kier alpha value is -1.33. The average molecular weight is 253 g/mol. The van der Waals surface area contributed by atoms with Crippen LogP contribution in [0.2, 0.25) is 0 Å². The minimum absolute atomic E-state index is 0.193. The summed E-state index contributed by atoms with van der Waals surface area (Å²) in [5.74, 6) is 0.105. The van der Waals surface area contributed by atoms with Crippen LogP contribution in [0.3, 0.4) is 0 Å². The molecule has 5 nitrogen and oxygen atoms in total. The summed E-state index contributed by atoms with van der Waals surface area (Å²) in [5.41, 5.74) is 0.786.